The molecule has 1 fully saturated rings. The molecule has 2 aromatic carbocycles. The van der Waals surface area contributed by atoms with E-state index in [0.29, 0.717) is 37.5 Å². The molecule has 4 rings (SSSR count). The molecule has 1 aromatic heterocycles. The number of benzene rings is 2. The normalized spacial score (nSPS) is 13.9. The standard InChI is InChI=1S/C27H33ClN4O2.C2HF3O2/c1-20(33)31-16-11-21(12-17-31)27(34)32(24-7-4-6-23(28)18-24)15-5-13-29-14-10-22-19-30-26-9-3-2-8-25(22)26;3-2(4,5)1(6)7/h2-4,6-9,18-19,21,29-30H,5,10-17H2,1H3;(H,6,7). The number of carbonyl (C=O) groups excluding carboxylic acids is 2. The van der Waals surface area contributed by atoms with Gasteiger partial charge in [0, 0.05) is 60.3 Å². The first-order chi connectivity index (χ1) is 19.5. The van der Waals surface area contributed by atoms with E-state index in [-0.39, 0.29) is 17.7 Å². The molecule has 3 N–H and O–H groups in total. The Bertz CT molecular complexity index is 1320. The smallest absolute Gasteiger partial charge is 0.475 e. The summed E-state index contributed by atoms with van der Waals surface area (Å²) in [7, 11) is 0. The van der Waals surface area contributed by atoms with Gasteiger partial charge in [0.05, 0.1) is 0 Å². The molecule has 0 unspecified atom stereocenters. The van der Waals surface area contributed by atoms with Gasteiger partial charge >= 0.3 is 12.1 Å². The quantitative estimate of drug-likeness (QED) is 0.293. The van der Waals surface area contributed by atoms with Gasteiger partial charge in [0.1, 0.15) is 0 Å². The summed E-state index contributed by atoms with van der Waals surface area (Å²) in [6.45, 7) is 5.22. The number of carboxylic acids is 1. The number of piperidine rings is 1. The number of amides is 2. The number of halogens is 4. The highest BCUT2D eigenvalue weighted by atomic mass is 35.5. The van der Waals surface area contributed by atoms with Crippen molar-refractivity contribution in [3.8, 4) is 0 Å². The van der Waals surface area contributed by atoms with E-state index in [0.717, 1.165) is 31.6 Å². The number of rotatable bonds is 9. The van der Waals surface area contributed by atoms with Crippen molar-refractivity contribution in [3.05, 3.63) is 65.3 Å². The third-order valence-electron chi connectivity index (χ3n) is 6.90. The van der Waals surface area contributed by atoms with Gasteiger partial charge in [-0.05, 0) is 68.6 Å². The summed E-state index contributed by atoms with van der Waals surface area (Å²) in [5.74, 6) is -2.61. The number of H-pyrrole nitrogens is 1. The molecule has 0 saturated carbocycles. The van der Waals surface area contributed by atoms with Gasteiger partial charge in [-0.1, -0.05) is 35.9 Å². The number of likely N-dealkylation sites (tertiary alicyclic amines) is 1. The van der Waals surface area contributed by atoms with Crippen LogP contribution in [0.2, 0.25) is 5.02 Å². The topological polar surface area (TPSA) is 106 Å². The molecule has 2 amide bonds. The third kappa shape index (κ3) is 9.50. The van der Waals surface area contributed by atoms with Crippen molar-refractivity contribution in [1.82, 2.24) is 15.2 Å². The molecule has 0 aliphatic carbocycles. The van der Waals surface area contributed by atoms with Crippen LogP contribution in [0.4, 0.5) is 18.9 Å². The number of aromatic amines is 1. The molecule has 3 aromatic rings. The fraction of sp³-hybridized carbons (Fsp3) is 0.414. The van der Waals surface area contributed by atoms with Crippen LogP contribution in [-0.4, -0.2) is 71.7 Å². The molecule has 1 aliphatic heterocycles. The van der Waals surface area contributed by atoms with Gasteiger partial charge in [0.2, 0.25) is 11.8 Å². The predicted molar refractivity (Wildman–Crippen MR) is 152 cm³/mol. The average molecular weight is 595 g/mol. The number of aromatic nitrogens is 1. The van der Waals surface area contributed by atoms with Gasteiger partial charge in [-0.2, -0.15) is 13.2 Å². The lowest BCUT2D eigenvalue weighted by atomic mass is 9.95. The zero-order valence-corrected chi connectivity index (χ0v) is 23.5. The molecule has 0 atom stereocenters. The van der Waals surface area contributed by atoms with Gasteiger partial charge in [-0.15, -0.1) is 0 Å². The van der Waals surface area contributed by atoms with Gasteiger partial charge in [-0.3, -0.25) is 9.59 Å². The Morgan fingerprint density at radius 2 is 1.78 bits per heavy atom. The van der Waals surface area contributed by atoms with E-state index in [1.54, 1.807) is 6.92 Å². The Hall–Kier alpha value is -3.57. The van der Waals surface area contributed by atoms with Crippen LogP contribution in [0, 0.1) is 5.92 Å². The summed E-state index contributed by atoms with van der Waals surface area (Å²) >= 11 is 6.23. The molecule has 1 aliphatic rings. The highest BCUT2D eigenvalue weighted by Crippen LogP contribution is 2.26. The van der Waals surface area contributed by atoms with Gasteiger partial charge < -0.3 is 25.2 Å². The number of hydrogen-bond donors (Lipinski definition) is 3. The molecule has 2 heterocycles. The lowest BCUT2D eigenvalue weighted by Gasteiger charge is -2.34. The number of anilines is 1. The molecule has 41 heavy (non-hydrogen) atoms. The molecule has 0 radical (unpaired) electrons. The van der Waals surface area contributed by atoms with Crippen LogP contribution in [0.3, 0.4) is 0 Å². The van der Waals surface area contributed by atoms with Crippen LogP contribution in [-0.2, 0) is 20.8 Å². The van der Waals surface area contributed by atoms with E-state index in [1.807, 2.05) is 40.1 Å². The zero-order chi connectivity index (χ0) is 30.0. The number of fused-ring (bicyclic) bond motifs is 1. The second-order valence-corrected chi connectivity index (χ2v) is 10.2. The SMILES string of the molecule is CC(=O)N1CCC(C(=O)N(CCCNCCc2c[nH]c3ccccc23)c2cccc(Cl)c2)CC1.O=C(O)C(F)(F)F. The number of aliphatic carboxylic acids is 1. The summed E-state index contributed by atoms with van der Waals surface area (Å²) in [6.07, 6.45) is 0.216. The predicted octanol–water partition coefficient (Wildman–Crippen LogP) is 5.27. The summed E-state index contributed by atoms with van der Waals surface area (Å²) < 4.78 is 31.7. The number of para-hydroxylation sites is 1. The lowest BCUT2D eigenvalue weighted by Crippen LogP contribution is -2.44. The molecule has 222 valence electrons. The number of nitrogens with one attached hydrogen (secondary N) is 2. The molecule has 0 bridgehead atoms. The zero-order valence-electron chi connectivity index (χ0n) is 22.7. The van der Waals surface area contributed by atoms with E-state index in [2.05, 4.69) is 34.7 Å². The average Bonchev–Trinajstić information content (AvgIpc) is 3.35. The highest BCUT2D eigenvalue weighted by molar-refractivity contribution is 6.30. The largest absolute Gasteiger partial charge is 0.490 e. The monoisotopic (exact) mass is 594 g/mol. The van der Waals surface area contributed by atoms with Gasteiger partial charge in [-0.25, -0.2) is 4.79 Å². The first-order valence-electron chi connectivity index (χ1n) is 13.4. The van der Waals surface area contributed by atoms with E-state index in [9.17, 15) is 22.8 Å². The summed E-state index contributed by atoms with van der Waals surface area (Å²) in [6, 6.07) is 15.9. The minimum atomic E-state index is -5.08. The second-order valence-electron chi connectivity index (χ2n) is 9.77. The molecule has 8 nitrogen and oxygen atoms in total. The maximum Gasteiger partial charge on any atom is 0.490 e. The van der Waals surface area contributed by atoms with Gasteiger partial charge in [0.15, 0.2) is 0 Å². The first kappa shape index (κ1) is 32.0. The van der Waals surface area contributed by atoms with Crippen LogP contribution in [0.5, 0.6) is 0 Å². The van der Waals surface area contributed by atoms with E-state index in [4.69, 9.17) is 21.5 Å². The second kappa shape index (κ2) is 14.9. The number of carbonyl (C=O) groups is 3. The van der Waals surface area contributed by atoms with Crippen molar-refractivity contribution in [2.75, 3.05) is 37.6 Å². The van der Waals surface area contributed by atoms with Crippen molar-refractivity contribution in [1.29, 1.82) is 0 Å². The van der Waals surface area contributed by atoms with Crippen LogP contribution < -0.4 is 10.2 Å². The van der Waals surface area contributed by atoms with Crippen molar-refractivity contribution < 1.29 is 32.7 Å². The number of alkyl halides is 3. The Balaban J connectivity index is 0.000000587. The van der Waals surface area contributed by atoms with E-state index in [1.165, 1.54) is 16.5 Å². The van der Waals surface area contributed by atoms with Gasteiger partial charge in [0.25, 0.3) is 0 Å². The molecule has 1 saturated heterocycles. The third-order valence-corrected chi connectivity index (χ3v) is 7.13. The number of nitrogens with zero attached hydrogens (tertiary/aromatic N) is 2. The minimum absolute atomic E-state index is 0.0654. The maximum absolute atomic E-state index is 13.4. The molecule has 0 spiro atoms. The summed E-state index contributed by atoms with van der Waals surface area (Å²) in [4.78, 5) is 41.0. The van der Waals surface area contributed by atoms with E-state index >= 15 is 0 Å². The fourth-order valence-electron chi connectivity index (χ4n) is 4.72. The number of hydrogen-bond acceptors (Lipinski definition) is 4. The molecular formula is C29H34ClF3N4O4. The highest BCUT2D eigenvalue weighted by Gasteiger charge is 2.38. The number of carboxylic acid groups (broad SMARTS) is 1. The van der Waals surface area contributed by atoms with Crippen molar-refractivity contribution in [3.63, 3.8) is 0 Å². The molecular weight excluding hydrogens is 561 g/mol. The van der Waals surface area contributed by atoms with Crippen LogP contribution in [0.15, 0.2) is 54.7 Å². The van der Waals surface area contributed by atoms with Crippen LogP contribution >= 0.6 is 11.6 Å². The fourth-order valence-corrected chi connectivity index (χ4v) is 4.91. The van der Waals surface area contributed by atoms with E-state index < -0.39 is 12.1 Å². The first-order valence-corrected chi connectivity index (χ1v) is 13.7. The van der Waals surface area contributed by atoms with Crippen LogP contribution in [0.25, 0.3) is 10.9 Å². The minimum Gasteiger partial charge on any atom is -0.475 e. The Kier molecular flexibility index (Phi) is 11.6. The van der Waals surface area contributed by atoms with Crippen molar-refractivity contribution in [2.24, 2.45) is 5.92 Å². The maximum atomic E-state index is 13.4. The Labute approximate surface area is 241 Å². The Morgan fingerprint density at radius 3 is 2.41 bits per heavy atom. The molecule has 12 heteroatoms. The van der Waals surface area contributed by atoms with Crippen molar-refractivity contribution in [2.45, 2.75) is 38.8 Å². The summed E-state index contributed by atoms with van der Waals surface area (Å²) in [5, 5.41) is 12.5. The summed E-state index contributed by atoms with van der Waals surface area (Å²) in [5.41, 5.74) is 3.32. The van der Waals surface area contributed by atoms with Crippen molar-refractivity contribution >= 4 is 46.0 Å². The lowest BCUT2D eigenvalue weighted by molar-refractivity contribution is -0.192. The van der Waals surface area contributed by atoms with Crippen LogP contribution in [0.1, 0.15) is 31.7 Å². The Morgan fingerprint density at radius 1 is 1.10 bits per heavy atom.